The number of nitrogens with zero attached hydrogens (tertiary/aromatic N) is 4. The molecule has 0 saturated carbocycles. The summed E-state index contributed by atoms with van der Waals surface area (Å²) >= 11 is 0. The Morgan fingerprint density at radius 2 is 1.92 bits per heavy atom. The number of nitriles is 1. The Labute approximate surface area is 144 Å². The molecule has 1 heterocycles. The lowest BCUT2D eigenvalue weighted by Gasteiger charge is -2.18. The number of likely N-dealkylation sites (N-methyl/N-ethyl adjacent to an activating group) is 1. The number of fused-ring (bicyclic) bond motifs is 1. The Kier molecular flexibility index (Phi) is 4.57. The maximum absolute atomic E-state index is 12.4. The van der Waals surface area contributed by atoms with Crippen molar-refractivity contribution in [2.75, 3.05) is 7.05 Å². The highest BCUT2D eigenvalue weighted by Crippen LogP contribution is 2.07. The lowest BCUT2D eigenvalue weighted by molar-refractivity contribution is -0.131. The van der Waals surface area contributed by atoms with Crippen molar-refractivity contribution in [2.45, 2.75) is 13.1 Å². The molecule has 1 amide bonds. The fourth-order valence-electron chi connectivity index (χ4n) is 2.53. The van der Waals surface area contributed by atoms with Crippen molar-refractivity contribution in [3.63, 3.8) is 0 Å². The van der Waals surface area contributed by atoms with Crippen molar-refractivity contribution in [3.05, 3.63) is 76.3 Å². The van der Waals surface area contributed by atoms with Gasteiger partial charge in [-0.2, -0.15) is 5.26 Å². The van der Waals surface area contributed by atoms with E-state index in [2.05, 4.69) is 11.1 Å². The van der Waals surface area contributed by atoms with Crippen molar-refractivity contribution in [1.82, 2.24) is 14.5 Å². The van der Waals surface area contributed by atoms with E-state index in [0.29, 0.717) is 23.0 Å². The molecule has 6 nitrogen and oxygen atoms in total. The molecule has 0 N–H and O–H groups in total. The van der Waals surface area contributed by atoms with Crippen LogP contribution in [0.15, 0.2) is 59.7 Å². The quantitative estimate of drug-likeness (QED) is 0.731. The maximum atomic E-state index is 12.4. The van der Waals surface area contributed by atoms with Crippen LogP contribution in [-0.4, -0.2) is 27.4 Å². The van der Waals surface area contributed by atoms with Crippen LogP contribution in [0, 0.1) is 11.3 Å². The van der Waals surface area contributed by atoms with Crippen LogP contribution >= 0.6 is 0 Å². The maximum Gasteiger partial charge on any atom is 0.261 e. The standard InChI is InChI=1S/C19H16N4O2/c1-22(11-15-8-6-14(10-20)7-9-15)18(24)12-23-13-21-17-5-3-2-4-16(17)19(23)25/h2-9,13H,11-12H2,1H3. The normalized spacial score (nSPS) is 10.4. The largest absolute Gasteiger partial charge is 0.340 e. The highest BCUT2D eigenvalue weighted by molar-refractivity contribution is 5.78. The summed E-state index contributed by atoms with van der Waals surface area (Å²) in [5.41, 5.74) is 1.87. The van der Waals surface area contributed by atoms with E-state index in [0.717, 1.165) is 5.56 Å². The molecule has 3 rings (SSSR count). The van der Waals surface area contributed by atoms with Crippen LogP contribution < -0.4 is 5.56 Å². The van der Waals surface area contributed by atoms with Gasteiger partial charge in [-0.1, -0.05) is 24.3 Å². The SMILES string of the molecule is CN(Cc1ccc(C#N)cc1)C(=O)Cn1cnc2ccccc2c1=O. The van der Waals surface area contributed by atoms with E-state index in [1.807, 2.05) is 18.2 Å². The van der Waals surface area contributed by atoms with Crippen molar-refractivity contribution < 1.29 is 4.79 Å². The third kappa shape index (κ3) is 3.56. The molecule has 3 aromatic rings. The molecule has 124 valence electrons. The molecule has 1 aromatic heterocycles. The summed E-state index contributed by atoms with van der Waals surface area (Å²) in [6.07, 6.45) is 1.40. The van der Waals surface area contributed by atoms with Gasteiger partial charge in [0.15, 0.2) is 0 Å². The van der Waals surface area contributed by atoms with Gasteiger partial charge in [0.25, 0.3) is 5.56 Å². The van der Waals surface area contributed by atoms with Crippen LogP contribution in [0.1, 0.15) is 11.1 Å². The van der Waals surface area contributed by atoms with E-state index in [1.165, 1.54) is 10.9 Å². The summed E-state index contributed by atoms with van der Waals surface area (Å²) in [5.74, 6) is -0.191. The lowest BCUT2D eigenvalue weighted by Crippen LogP contribution is -2.33. The van der Waals surface area contributed by atoms with Crippen molar-refractivity contribution in [3.8, 4) is 6.07 Å². The van der Waals surface area contributed by atoms with Crippen LogP contribution in [0.3, 0.4) is 0 Å². The van der Waals surface area contributed by atoms with Gasteiger partial charge in [0.05, 0.1) is 28.9 Å². The van der Waals surface area contributed by atoms with Crippen molar-refractivity contribution >= 4 is 16.8 Å². The van der Waals surface area contributed by atoms with Crippen LogP contribution in [0.2, 0.25) is 0 Å². The monoisotopic (exact) mass is 332 g/mol. The van der Waals surface area contributed by atoms with E-state index in [4.69, 9.17) is 5.26 Å². The second-order valence-corrected chi connectivity index (χ2v) is 5.75. The van der Waals surface area contributed by atoms with E-state index in [-0.39, 0.29) is 18.0 Å². The first kappa shape index (κ1) is 16.4. The number of para-hydroxylation sites is 1. The van der Waals surface area contributed by atoms with Gasteiger partial charge in [-0.05, 0) is 29.8 Å². The molecule has 0 bridgehead atoms. The Balaban J connectivity index is 1.74. The van der Waals surface area contributed by atoms with Gasteiger partial charge in [-0.15, -0.1) is 0 Å². The molecule has 0 unspecified atom stereocenters. The molecule has 0 aliphatic carbocycles. The van der Waals surface area contributed by atoms with Crippen molar-refractivity contribution in [2.24, 2.45) is 0 Å². The Bertz CT molecular complexity index is 1020. The molecular formula is C19H16N4O2. The predicted molar refractivity (Wildman–Crippen MR) is 93.6 cm³/mol. The number of aromatic nitrogens is 2. The fourth-order valence-corrected chi connectivity index (χ4v) is 2.53. The van der Waals surface area contributed by atoms with E-state index in [1.54, 1.807) is 42.3 Å². The van der Waals surface area contributed by atoms with E-state index < -0.39 is 0 Å². The van der Waals surface area contributed by atoms with Crippen LogP contribution in [0.4, 0.5) is 0 Å². The molecule has 0 saturated heterocycles. The third-order valence-corrected chi connectivity index (χ3v) is 3.97. The van der Waals surface area contributed by atoms with Gasteiger partial charge in [-0.3, -0.25) is 14.2 Å². The second-order valence-electron chi connectivity index (χ2n) is 5.75. The molecule has 0 aliphatic rings. The lowest BCUT2D eigenvalue weighted by atomic mass is 10.1. The molecule has 0 radical (unpaired) electrons. The summed E-state index contributed by atoms with van der Waals surface area (Å²) in [6, 6.07) is 16.2. The number of hydrogen-bond acceptors (Lipinski definition) is 4. The second kappa shape index (κ2) is 6.97. The summed E-state index contributed by atoms with van der Waals surface area (Å²) in [7, 11) is 1.68. The van der Waals surface area contributed by atoms with Gasteiger partial charge in [0, 0.05) is 13.6 Å². The average Bonchev–Trinajstić information content (AvgIpc) is 2.64. The third-order valence-electron chi connectivity index (χ3n) is 3.97. The topological polar surface area (TPSA) is 79.0 Å². The highest BCUT2D eigenvalue weighted by Gasteiger charge is 2.12. The van der Waals surface area contributed by atoms with E-state index >= 15 is 0 Å². The Hall–Kier alpha value is -3.46. The molecule has 0 atom stereocenters. The molecule has 2 aromatic carbocycles. The Morgan fingerprint density at radius 3 is 2.64 bits per heavy atom. The molecule has 6 heteroatoms. The average molecular weight is 332 g/mol. The minimum Gasteiger partial charge on any atom is -0.340 e. The van der Waals surface area contributed by atoms with Gasteiger partial charge in [-0.25, -0.2) is 4.98 Å². The number of rotatable bonds is 4. The van der Waals surface area contributed by atoms with Crippen molar-refractivity contribution in [1.29, 1.82) is 5.26 Å². The fraction of sp³-hybridized carbons (Fsp3) is 0.158. The molecule has 0 fully saturated rings. The summed E-state index contributed by atoms with van der Waals surface area (Å²) in [4.78, 5) is 30.6. The van der Waals surface area contributed by atoms with Gasteiger partial charge >= 0.3 is 0 Å². The zero-order chi connectivity index (χ0) is 17.8. The summed E-state index contributed by atoms with van der Waals surface area (Å²) < 4.78 is 1.32. The summed E-state index contributed by atoms with van der Waals surface area (Å²) in [5, 5.41) is 9.30. The van der Waals surface area contributed by atoms with Crippen LogP contribution in [-0.2, 0) is 17.9 Å². The highest BCUT2D eigenvalue weighted by atomic mass is 16.2. The number of carbonyl (C=O) groups is 1. The minimum absolute atomic E-state index is 0.0660. The van der Waals surface area contributed by atoms with Crippen LogP contribution in [0.5, 0.6) is 0 Å². The number of amides is 1. The first-order valence-electron chi connectivity index (χ1n) is 7.75. The Morgan fingerprint density at radius 1 is 1.20 bits per heavy atom. The first-order chi connectivity index (χ1) is 12.1. The zero-order valence-corrected chi connectivity index (χ0v) is 13.7. The van der Waals surface area contributed by atoms with Gasteiger partial charge in [0.2, 0.25) is 5.91 Å². The number of benzene rings is 2. The van der Waals surface area contributed by atoms with Crippen LogP contribution in [0.25, 0.3) is 10.9 Å². The minimum atomic E-state index is -0.231. The summed E-state index contributed by atoms with van der Waals surface area (Å²) in [6.45, 7) is 0.337. The zero-order valence-electron chi connectivity index (χ0n) is 13.7. The first-order valence-corrected chi connectivity index (χ1v) is 7.75. The van der Waals surface area contributed by atoms with E-state index in [9.17, 15) is 9.59 Å². The molecule has 0 aliphatic heterocycles. The molecular weight excluding hydrogens is 316 g/mol. The van der Waals surface area contributed by atoms with Gasteiger partial charge < -0.3 is 4.90 Å². The smallest absolute Gasteiger partial charge is 0.261 e. The number of carbonyl (C=O) groups excluding carboxylic acids is 1. The molecule has 25 heavy (non-hydrogen) atoms. The predicted octanol–water partition coefficient (Wildman–Crippen LogP) is 1.93. The molecule has 0 spiro atoms. The number of hydrogen-bond donors (Lipinski definition) is 0. The van der Waals surface area contributed by atoms with Gasteiger partial charge in [0.1, 0.15) is 6.54 Å².